The molecule has 0 radical (unpaired) electrons. The molecule has 4 nitrogen and oxygen atoms in total. The van der Waals surface area contributed by atoms with Gasteiger partial charge >= 0.3 is 0 Å². The smallest absolute Gasteiger partial charge is 0.235 e. The summed E-state index contributed by atoms with van der Waals surface area (Å²) in [7, 11) is 0. The van der Waals surface area contributed by atoms with Crippen LogP contribution in [0.3, 0.4) is 0 Å². The molecular formula is C10H9BrN2O2. The molecule has 0 bridgehead atoms. The van der Waals surface area contributed by atoms with Crippen LogP contribution in [0, 0.1) is 0 Å². The van der Waals surface area contributed by atoms with Crippen molar-refractivity contribution in [1.82, 2.24) is 10.3 Å². The number of carbonyl (C=O) groups excluding carboxylic acids is 2. The molecular weight excluding hydrogens is 260 g/mol. The molecule has 2 heterocycles. The van der Waals surface area contributed by atoms with Gasteiger partial charge in [-0.05, 0) is 34.5 Å². The zero-order valence-electron chi connectivity index (χ0n) is 7.87. The van der Waals surface area contributed by atoms with Gasteiger partial charge in [-0.25, -0.2) is 0 Å². The van der Waals surface area contributed by atoms with Crippen molar-refractivity contribution >= 4 is 27.7 Å². The number of pyridine rings is 1. The molecule has 5 heteroatoms. The average Bonchev–Trinajstić information content (AvgIpc) is 2.20. The lowest BCUT2D eigenvalue weighted by Crippen LogP contribution is -2.39. The van der Waals surface area contributed by atoms with Crippen LogP contribution in [0.2, 0.25) is 0 Å². The van der Waals surface area contributed by atoms with E-state index in [0.29, 0.717) is 18.5 Å². The van der Waals surface area contributed by atoms with Crippen molar-refractivity contribution in [3.05, 3.63) is 28.5 Å². The van der Waals surface area contributed by atoms with Crippen molar-refractivity contribution in [2.75, 3.05) is 0 Å². The molecule has 1 aromatic heterocycles. The van der Waals surface area contributed by atoms with Gasteiger partial charge in [0, 0.05) is 17.1 Å². The molecule has 1 aromatic rings. The fourth-order valence-corrected chi connectivity index (χ4v) is 1.80. The van der Waals surface area contributed by atoms with Crippen LogP contribution in [0.15, 0.2) is 22.8 Å². The summed E-state index contributed by atoms with van der Waals surface area (Å²) in [6.07, 6.45) is 2.58. The van der Waals surface area contributed by atoms with Crippen LogP contribution in [-0.2, 0) is 9.59 Å². The summed E-state index contributed by atoms with van der Waals surface area (Å²) in [6.45, 7) is 0. The monoisotopic (exact) mass is 268 g/mol. The van der Waals surface area contributed by atoms with Crippen LogP contribution >= 0.6 is 15.9 Å². The van der Waals surface area contributed by atoms with Gasteiger partial charge in [-0.2, -0.15) is 0 Å². The summed E-state index contributed by atoms with van der Waals surface area (Å²) in [5, 5.41) is 2.31. The number of nitrogens with one attached hydrogen (secondary N) is 1. The Bertz CT molecular complexity index is 402. The van der Waals surface area contributed by atoms with E-state index in [0.717, 1.165) is 4.47 Å². The highest BCUT2D eigenvalue weighted by atomic mass is 79.9. The molecule has 1 fully saturated rings. The molecule has 0 saturated carbocycles. The Balaban J connectivity index is 2.20. The molecule has 78 valence electrons. The first-order valence-electron chi connectivity index (χ1n) is 4.62. The van der Waals surface area contributed by atoms with Gasteiger partial charge in [0.25, 0.3) is 0 Å². The van der Waals surface area contributed by atoms with E-state index in [1.165, 1.54) is 0 Å². The van der Waals surface area contributed by atoms with E-state index in [2.05, 4.69) is 26.2 Å². The first-order valence-corrected chi connectivity index (χ1v) is 5.41. The van der Waals surface area contributed by atoms with Crippen molar-refractivity contribution in [2.24, 2.45) is 0 Å². The zero-order valence-corrected chi connectivity index (χ0v) is 9.45. The molecule has 1 saturated heterocycles. The number of carbonyl (C=O) groups is 2. The number of nitrogens with zero attached hydrogens (tertiary/aromatic N) is 1. The van der Waals surface area contributed by atoms with Gasteiger partial charge in [0.1, 0.15) is 0 Å². The largest absolute Gasteiger partial charge is 0.296 e. The molecule has 15 heavy (non-hydrogen) atoms. The molecule has 1 atom stereocenters. The topological polar surface area (TPSA) is 59.1 Å². The lowest BCUT2D eigenvalue weighted by atomic mass is 9.94. The average molecular weight is 269 g/mol. The summed E-state index contributed by atoms with van der Waals surface area (Å²) in [4.78, 5) is 26.6. The second-order valence-corrected chi connectivity index (χ2v) is 4.32. The van der Waals surface area contributed by atoms with Crippen LogP contribution in [0.1, 0.15) is 24.5 Å². The third-order valence-corrected chi connectivity index (χ3v) is 2.82. The number of rotatable bonds is 1. The number of imide groups is 1. The highest BCUT2D eigenvalue weighted by Crippen LogP contribution is 2.23. The Morgan fingerprint density at radius 2 is 2.20 bits per heavy atom. The minimum atomic E-state index is -0.296. The Kier molecular flexibility index (Phi) is 2.81. The molecule has 1 N–H and O–H groups in total. The van der Waals surface area contributed by atoms with Crippen LogP contribution in [-0.4, -0.2) is 16.8 Å². The molecule has 2 rings (SSSR count). The number of hydrogen-bond acceptors (Lipinski definition) is 3. The maximum Gasteiger partial charge on any atom is 0.235 e. The quantitative estimate of drug-likeness (QED) is 0.783. The predicted octanol–water partition coefficient (Wildman–Crippen LogP) is 1.36. The summed E-state index contributed by atoms with van der Waals surface area (Å²) in [5.41, 5.74) is 0.711. The van der Waals surface area contributed by atoms with E-state index in [4.69, 9.17) is 0 Å². The van der Waals surface area contributed by atoms with Gasteiger partial charge in [-0.15, -0.1) is 0 Å². The van der Waals surface area contributed by atoms with Gasteiger partial charge in [0.2, 0.25) is 11.8 Å². The number of hydrogen-bond donors (Lipinski definition) is 1. The summed E-state index contributed by atoms with van der Waals surface area (Å²) >= 11 is 3.28. The van der Waals surface area contributed by atoms with E-state index in [-0.39, 0.29) is 17.7 Å². The third-order valence-electron chi connectivity index (χ3n) is 2.35. The lowest BCUT2D eigenvalue weighted by Gasteiger charge is -2.19. The first kappa shape index (κ1) is 10.3. The van der Waals surface area contributed by atoms with Gasteiger partial charge in [0.15, 0.2) is 0 Å². The van der Waals surface area contributed by atoms with Crippen molar-refractivity contribution in [3.8, 4) is 0 Å². The number of piperidine rings is 1. The molecule has 1 aliphatic heterocycles. The minimum Gasteiger partial charge on any atom is -0.296 e. The normalized spacial score (nSPS) is 21.3. The van der Waals surface area contributed by atoms with Crippen LogP contribution in [0.4, 0.5) is 0 Å². The SMILES string of the molecule is O=C1CCC(c2ccc(Br)cn2)C(=O)N1. The Hall–Kier alpha value is -1.23. The Labute approximate surface area is 95.2 Å². The maximum absolute atomic E-state index is 11.5. The fraction of sp³-hybridized carbons (Fsp3) is 0.300. The standard InChI is InChI=1S/C10H9BrN2O2/c11-6-1-3-8(12-5-6)7-2-4-9(14)13-10(7)15/h1,3,5,7H,2,4H2,(H,13,14,15). The van der Waals surface area contributed by atoms with E-state index in [1.807, 2.05) is 6.07 Å². The van der Waals surface area contributed by atoms with E-state index in [1.54, 1.807) is 12.3 Å². The molecule has 1 aliphatic rings. The maximum atomic E-state index is 11.5. The second kappa shape index (κ2) is 4.10. The molecule has 0 aliphatic carbocycles. The number of amides is 2. The predicted molar refractivity (Wildman–Crippen MR) is 57.1 cm³/mol. The van der Waals surface area contributed by atoms with Gasteiger partial charge in [-0.1, -0.05) is 0 Å². The first-order chi connectivity index (χ1) is 7.16. The zero-order chi connectivity index (χ0) is 10.8. The molecule has 0 aromatic carbocycles. The van der Waals surface area contributed by atoms with Crippen LogP contribution in [0.5, 0.6) is 0 Å². The van der Waals surface area contributed by atoms with Crippen LogP contribution < -0.4 is 5.32 Å². The van der Waals surface area contributed by atoms with Gasteiger partial charge < -0.3 is 0 Å². The second-order valence-electron chi connectivity index (χ2n) is 3.40. The Morgan fingerprint density at radius 1 is 1.40 bits per heavy atom. The van der Waals surface area contributed by atoms with Crippen molar-refractivity contribution in [3.63, 3.8) is 0 Å². The third kappa shape index (κ3) is 2.23. The number of aromatic nitrogens is 1. The van der Waals surface area contributed by atoms with E-state index in [9.17, 15) is 9.59 Å². The molecule has 0 spiro atoms. The van der Waals surface area contributed by atoms with Crippen molar-refractivity contribution in [2.45, 2.75) is 18.8 Å². The molecule has 2 amide bonds. The Morgan fingerprint density at radius 3 is 2.80 bits per heavy atom. The molecule has 1 unspecified atom stereocenters. The summed E-state index contributed by atoms with van der Waals surface area (Å²) in [5.74, 6) is -0.745. The number of halogens is 1. The van der Waals surface area contributed by atoms with E-state index < -0.39 is 0 Å². The van der Waals surface area contributed by atoms with Crippen molar-refractivity contribution in [1.29, 1.82) is 0 Å². The summed E-state index contributed by atoms with van der Waals surface area (Å²) in [6, 6.07) is 3.64. The minimum absolute atomic E-state index is 0.201. The fourth-order valence-electron chi connectivity index (χ4n) is 1.57. The van der Waals surface area contributed by atoms with E-state index >= 15 is 0 Å². The van der Waals surface area contributed by atoms with Gasteiger partial charge in [-0.3, -0.25) is 19.9 Å². The van der Waals surface area contributed by atoms with Crippen LogP contribution in [0.25, 0.3) is 0 Å². The highest BCUT2D eigenvalue weighted by Gasteiger charge is 2.28. The van der Waals surface area contributed by atoms with Gasteiger partial charge in [0.05, 0.1) is 11.6 Å². The lowest BCUT2D eigenvalue weighted by molar-refractivity contribution is -0.134. The highest BCUT2D eigenvalue weighted by molar-refractivity contribution is 9.10. The summed E-state index contributed by atoms with van der Waals surface area (Å²) < 4.78 is 0.874. The van der Waals surface area contributed by atoms with Crippen molar-refractivity contribution < 1.29 is 9.59 Å².